The number of amidine groups is 2. The minimum Gasteiger partial charge on any atom is -0.282 e. The molecule has 1 aromatic heterocycles. The Bertz CT molecular complexity index is 3060. The molecule has 284 valence electrons. The molecule has 5 heteroatoms. The Morgan fingerprint density at radius 2 is 1.18 bits per heavy atom. The zero-order valence-corrected chi connectivity index (χ0v) is 33.5. The van der Waals surface area contributed by atoms with Crippen LogP contribution in [0.2, 0.25) is 0 Å². The van der Waals surface area contributed by atoms with Gasteiger partial charge in [-0.15, -0.1) is 0 Å². The van der Waals surface area contributed by atoms with E-state index in [1.807, 2.05) is 79.0 Å². The van der Waals surface area contributed by atoms with Crippen molar-refractivity contribution in [3.05, 3.63) is 251 Å². The van der Waals surface area contributed by atoms with Crippen molar-refractivity contribution >= 4 is 40.6 Å². The summed E-state index contributed by atoms with van der Waals surface area (Å²) in [6.07, 6.45) is 5.67. The molecule has 2 heterocycles. The zero-order chi connectivity index (χ0) is 40.6. The molecule has 0 fully saturated rings. The van der Waals surface area contributed by atoms with Crippen molar-refractivity contribution in [2.75, 3.05) is 0 Å². The molecule has 0 radical (unpaired) electrons. The molecule has 1 spiro atoms. The highest BCUT2D eigenvalue weighted by Gasteiger charge is 2.51. The lowest BCUT2D eigenvalue weighted by Gasteiger charge is -2.41. The van der Waals surface area contributed by atoms with Gasteiger partial charge >= 0.3 is 0 Å². The fourth-order valence-electron chi connectivity index (χ4n) is 8.89. The molecule has 8 aromatic rings. The molecule has 60 heavy (non-hydrogen) atoms. The Morgan fingerprint density at radius 1 is 0.600 bits per heavy atom. The average molecular weight is 787 g/mol. The molecule has 1 aliphatic carbocycles. The number of nitrogens with zero attached hydrogens (tertiary/aromatic N) is 3. The van der Waals surface area contributed by atoms with Crippen molar-refractivity contribution in [3.63, 3.8) is 0 Å². The maximum Gasteiger partial charge on any atom is 0.161 e. The second kappa shape index (κ2) is 15.4. The largest absolute Gasteiger partial charge is 0.282 e. The number of aliphatic imine (C=N–C) groups is 2. The Kier molecular flexibility index (Phi) is 9.44. The van der Waals surface area contributed by atoms with Crippen LogP contribution in [-0.2, 0) is 5.41 Å². The minimum atomic E-state index is -0.755. The number of pyridine rings is 1. The first-order valence-corrected chi connectivity index (χ1v) is 20.7. The van der Waals surface area contributed by atoms with Crippen molar-refractivity contribution < 1.29 is 0 Å². The van der Waals surface area contributed by atoms with Crippen LogP contribution in [0.1, 0.15) is 27.8 Å². The Morgan fingerprint density at radius 3 is 1.88 bits per heavy atom. The lowest BCUT2D eigenvalue weighted by Crippen LogP contribution is -2.33. The van der Waals surface area contributed by atoms with E-state index >= 15 is 0 Å². The maximum atomic E-state index is 9.67. The molecular weight excluding hydrogens is 749 g/mol. The lowest BCUT2D eigenvalue weighted by molar-refractivity contribution is 0.742. The van der Waals surface area contributed by atoms with E-state index in [9.17, 15) is 5.41 Å². The number of rotatable bonds is 7. The van der Waals surface area contributed by atoms with Gasteiger partial charge in [-0.05, 0) is 61.7 Å². The summed E-state index contributed by atoms with van der Waals surface area (Å²) in [5.41, 5.74) is 13.6. The van der Waals surface area contributed by atoms with Gasteiger partial charge in [0.15, 0.2) is 11.7 Å². The van der Waals surface area contributed by atoms with E-state index in [4.69, 9.17) is 15.0 Å². The molecule has 0 amide bonds. The predicted octanol–water partition coefficient (Wildman–Crippen LogP) is 13.5. The molecule has 0 bridgehead atoms. The van der Waals surface area contributed by atoms with Crippen LogP contribution in [0.3, 0.4) is 0 Å². The quantitative estimate of drug-likeness (QED) is 0.129. The van der Waals surface area contributed by atoms with Gasteiger partial charge < -0.3 is 0 Å². The second-order valence-electron chi connectivity index (χ2n) is 14.8. The molecule has 0 saturated heterocycles. The number of fused-ring (bicyclic) bond motifs is 8. The van der Waals surface area contributed by atoms with Crippen LogP contribution in [0.15, 0.2) is 238 Å². The highest BCUT2D eigenvalue weighted by atomic mass is 32.2. The van der Waals surface area contributed by atoms with Crippen molar-refractivity contribution in [2.24, 2.45) is 9.98 Å². The summed E-state index contributed by atoms with van der Waals surface area (Å²) in [6.45, 7) is 9.15. The van der Waals surface area contributed by atoms with Gasteiger partial charge in [0.25, 0.3) is 0 Å². The minimum absolute atomic E-state index is 0.0240. The van der Waals surface area contributed by atoms with E-state index in [0.29, 0.717) is 11.4 Å². The molecule has 1 aliphatic heterocycles. The van der Waals surface area contributed by atoms with Gasteiger partial charge in [0.05, 0.1) is 10.9 Å². The van der Waals surface area contributed by atoms with Crippen LogP contribution in [-0.4, -0.2) is 22.9 Å². The van der Waals surface area contributed by atoms with Crippen LogP contribution in [0.5, 0.6) is 0 Å². The van der Waals surface area contributed by atoms with E-state index in [1.165, 1.54) is 22.3 Å². The molecule has 4 nitrogen and oxygen atoms in total. The van der Waals surface area contributed by atoms with Gasteiger partial charge in [0.1, 0.15) is 0 Å². The Balaban J connectivity index is 1.20. The lowest BCUT2D eigenvalue weighted by atomic mass is 9.66. The third-order valence-electron chi connectivity index (χ3n) is 11.5. The van der Waals surface area contributed by atoms with Crippen LogP contribution in [0.25, 0.3) is 44.3 Å². The summed E-state index contributed by atoms with van der Waals surface area (Å²) in [5.74, 6) is 0.450. The molecule has 10 rings (SSSR count). The van der Waals surface area contributed by atoms with Crippen molar-refractivity contribution in [1.82, 2.24) is 4.98 Å². The van der Waals surface area contributed by atoms with Gasteiger partial charge in [0, 0.05) is 44.3 Å². The number of nitrogens with one attached hydrogen (secondary N) is 1. The normalized spacial score (nSPS) is 13.9. The van der Waals surface area contributed by atoms with Gasteiger partial charge in [0.2, 0.25) is 0 Å². The Labute approximate surface area is 354 Å². The summed E-state index contributed by atoms with van der Waals surface area (Å²) in [7, 11) is 0. The monoisotopic (exact) mass is 786 g/mol. The number of hydrogen-bond acceptors (Lipinski definition) is 3. The highest BCUT2D eigenvalue weighted by Crippen LogP contribution is 2.64. The summed E-state index contributed by atoms with van der Waals surface area (Å²) in [6, 6.07) is 62.8. The van der Waals surface area contributed by atoms with Crippen LogP contribution < -0.4 is 0 Å². The first-order chi connectivity index (χ1) is 29.6. The smallest absolute Gasteiger partial charge is 0.161 e. The third-order valence-corrected chi connectivity index (χ3v) is 12.8. The number of thioether (sulfide) groups is 1. The van der Waals surface area contributed by atoms with Gasteiger partial charge in [-0.3, -0.25) is 10.4 Å². The number of allylic oxidation sites excluding steroid dienone is 2. The molecule has 2 aliphatic rings. The van der Waals surface area contributed by atoms with E-state index in [2.05, 4.69) is 128 Å². The summed E-state index contributed by atoms with van der Waals surface area (Å²) in [4.78, 5) is 16.7. The first-order valence-electron chi connectivity index (χ1n) is 19.9. The molecule has 7 aromatic carbocycles. The van der Waals surface area contributed by atoms with Gasteiger partial charge in [-0.25, -0.2) is 9.98 Å². The molecule has 1 N–H and O–H groups in total. The standard InChI is InChI=1S/C55H38N4S/c1-3-46-51(36(2)53(56)59-54(39-23-11-6-12-24-39)58-35-37-19-7-4-8-20-37)60-52-45(44-28-17-27-43-40(33-34-57-50(43)44)38-21-9-5-10-22-38)29-18-32-49(52)55(46)47-30-15-13-25-41(47)42-26-14-16-31-48(42)55/h3-35,56H,1-2H2. The Hall–Kier alpha value is -7.47. The highest BCUT2D eigenvalue weighted by molar-refractivity contribution is 8.03. The average Bonchev–Trinajstić information content (AvgIpc) is 3.60. The fraction of sp³-hybridized carbons (Fsp3) is 0.0182. The SMILES string of the molecule is C=CC1=C(C(=C)C(=N)N=C(N=Cc2ccccc2)c2ccccc2)Sc2c(-c3cccc4c(-c5ccccc5)ccnc34)cccc2C12c1ccccc1-c1ccccc12. The number of para-hydroxylation sites is 1. The summed E-state index contributed by atoms with van der Waals surface area (Å²) >= 11 is 1.63. The van der Waals surface area contributed by atoms with E-state index in [-0.39, 0.29) is 5.84 Å². The van der Waals surface area contributed by atoms with E-state index < -0.39 is 5.41 Å². The summed E-state index contributed by atoms with van der Waals surface area (Å²) in [5, 5.41) is 10.8. The van der Waals surface area contributed by atoms with Crippen LogP contribution in [0, 0.1) is 5.41 Å². The first kappa shape index (κ1) is 36.8. The number of aromatic nitrogens is 1. The molecule has 0 saturated carbocycles. The number of hydrogen-bond donors (Lipinski definition) is 1. The van der Waals surface area contributed by atoms with E-state index in [0.717, 1.165) is 65.2 Å². The third kappa shape index (κ3) is 6.02. The van der Waals surface area contributed by atoms with Crippen molar-refractivity contribution in [2.45, 2.75) is 10.3 Å². The molecular formula is C55H38N4S. The van der Waals surface area contributed by atoms with Crippen LogP contribution in [0.4, 0.5) is 0 Å². The van der Waals surface area contributed by atoms with Crippen LogP contribution >= 0.6 is 11.8 Å². The maximum absolute atomic E-state index is 9.67. The zero-order valence-electron chi connectivity index (χ0n) is 32.7. The topological polar surface area (TPSA) is 61.5 Å². The molecule has 0 unspecified atom stereocenters. The van der Waals surface area contributed by atoms with Gasteiger partial charge in [-0.1, -0.05) is 207 Å². The van der Waals surface area contributed by atoms with E-state index in [1.54, 1.807) is 18.0 Å². The van der Waals surface area contributed by atoms with Crippen molar-refractivity contribution in [3.8, 4) is 33.4 Å². The van der Waals surface area contributed by atoms with Gasteiger partial charge in [-0.2, -0.15) is 0 Å². The fourth-order valence-corrected chi connectivity index (χ4v) is 10.3. The number of benzene rings is 7. The summed E-state index contributed by atoms with van der Waals surface area (Å²) < 4.78 is 0. The van der Waals surface area contributed by atoms with Crippen molar-refractivity contribution in [1.29, 1.82) is 5.41 Å². The predicted molar refractivity (Wildman–Crippen MR) is 251 cm³/mol. The second-order valence-corrected chi connectivity index (χ2v) is 15.8. The molecule has 0 atom stereocenters.